The zero-order chi connectivity index (χ0) is 23.8. The van der Waals surface area contributed by atoms with Crippen molar-refractivity contribution in [1.29, 1.82) is 0 Å². The summed E-state index contributed by atoms with van der Waals surface area (Å²) in [6.07, 6.45) is 1.64. The minimum atomic E-state index is -0.311. The quantitative estimate of drug-likeness (QED) is 0.411. The van der Waals surface area contributed by atoms with Crippen molar-refractivity contribution in [2.45, 2.75) is 0 Å². The van der Waals surface area contributed by atoms with Crippen LogP contribution in [0.5, 0.6) is 5.75 Å². The van der Waals surface area contributed by atoms with Crippen LogP contribution in [0.1, 0.15) is 5.56 Å². The number of hydrogen-bond donors (Lipinski definition) is 1. The first-order chi connectivity index (χ1) is 17.2. The maximum atomic E-state index is 13.0. The van der Waals surface area contributed by atoms with E-state index in [1.54, 1.807) is 30.3 Å². The topological polar surface area (TPSA) is 93.3 Å². The number of phenolic OH excluding ortho intramolecular Hbond substituents is 1. The first-order valence-electron chi connectivity index (χ1n) is 10.9. The van der Waals surface area contributed by atoms with E-state index in [9.17, 15) is 9.90 Å². The van der Waals surface area contributed by atoms with Gasteiger partial charge in [-0.05, 0) is 18.2 Å². The molecule has 6 rings (SSSR count). The number of fused-ring (bicyclic) bond motifs is 1. The zero-order valence-corrected chi connectivity index (χ0v) is 19.1. The predicted molar refractivity (Wildman–Crippen MR) is 136 cm³/mol. The molecule has 1 N–H and O–H groups in total. The van der Waals surface area contributed by atoms with E-state index < -0.39 is 0 Å². The second kappa shape index (κ2) is 8.58. The van der Waals surface area contributed by atoms with Crippen LogP contribution >= 0.6 is 11.3 Å². The lowest BCUT2D eigenvalue weighted by atomic mass is 10.1. The molecule has 3 aromatic carbocycles. The highest BCUT2D eigenvalue weighted by Crippen LogP contribution is 2.26. The van der Waals surface area contributed by atoms with Crippen LogP contribution < -0.4 is 10.1 Å². The molecule has 168 valence electrons. The largest absolute Gasteiger partial charge is 0.507 e. The van der Waals surface area contributed by atoms with Gasteiger partial charge in [0.2, 0.25) is 16.6 Å². The molecular formula is C27H17N5O2S. The Bertz CT molecular complexity index is 1720. The van der Waals surface area contributed by atoms with E-state index in [2.05, 4.69) is 10.1 Å². The number of phenols is 1. The average Bonchev–Trinajstić information content (AvgIpc) is 3.45. The average molecular weight is 476 g/mol. The van der Waals surface area contributed by atoms with E-state index in [0.29, 0.717) is 20.9 Å². The second-order valence-electron chi connectivity index (χ2n) is 7.80. The summed E-state index contributed by atoms with van der Waals surface area (Å²) in [5.74, 6) is 0.718. The molecule has 7 nitrogen and oxygen atoms in total. The highest BCUT2D eigenvalue weighted by Gasteiger charge is 2.17. The highest BCUT2D eigenvalue weighted by molar-refractivity contribution is 7.15. The number of nitrogens with zero attached hydrogens (tertiary/aromatic N) is 5. The van der Waals surface area contributed by atoms with Gasteiger partial charge in [0, 0.05) is 16.7 Å². The van der Waals surface area contributed by atoms with E-state index in [-0.39, 0.29) is 17.1 Å². The molecule has 0 aliphatic carbocycles. The van der Waals surface area contributed by atoms with E-state index in [1.807, 2.05) is 66.7 Å². The van der Waals surface area contributed by atoms with Gasteiger partial charge in [-0.1, -0.05) is 90.2 Å². The minimum Gasteiger partial charge on any atom is -0.507 e. The Hall–Kier alpha value is -4.69. The molecule has 0 amide bonds. The molecule has 0 aliphatic heterocycles. The van der Waals surface area contributed by atoms with E-state index >= 15 is 0 Å². The Balaban J connectivity index is 1.49. The number of benzene rings is 3. The van der Waals surface area contributed by atoms with Crippen molar-refractivity contribution >= 4 is 22.4 Å². The number of aromatic nitrogens is 5. The Labute approximate surface area is 203 Å². The number of hydrogen-bond acceptors (Lipinski definition) is 7. The van der Waals surface area contributed by atoms with Gasteiger partial charge < -0.3 is 5.11 Å². The monoisotopic (exact) mass is 475 g/mol. The van der Waals surface area contributed by atoms with E-state index in [4.69, 9.17) is 9.97 Å². The normalized spacial score (nSPS) is 11.8. The van der Waals surface area contributed by atoms with Crippen molar-refractivity contribution in [2.75, 3.05) is 0 Å². The first-order valence-corrected chi connectivity index (χ1v) is 11.7. The van der Waals surface area contributed by atoms with Crippen molar-refractivity contribution < 1.29 is 5.11 Å². The van der Waals surface area contributed by atoms with Crippen LogP contribution in [-0.4, -0.2) is 29.7 Å². The molecule has 3 heterocycles. The van der Waals surface area contributed by atoms with Crippen molar-refractivity contribution in [1.82, 2.24) is 24.6 Å². The fourth-order valence-corrected chi connectivity index (χ4v) is 4.64. The summed E-state index contributed by atoms with van der Waals surface area (Å²) in [6.45, 7) is 0. The van der Waals surface area contributed by atoms with E-state index in [0.717, 1.165) is 22.5 Å². The van der Waals surface area contributed by atoms with Gasteiger partial charge in [-0.25, -0.2) is 9.97 Å². The van der Waals surface area contributed by atoms with Gasteiger partial charge in [0.05, 0.1) is 15.9 Å². The number of rotatable bonds is 4. The van der Waals surface area contributed by atoms with Gasteiger partial charge in [-0.2, -0.15) is 9.50 Å². The van der Waals surface area contributed by atoms with Gasteiger partial charge >= 0.3 is 0 Å². The summed E-state index contributed by atoms with van der Waals surface area (Å²) in [6, 6.07) is 28.4. The second-order valence-corrected chi connectivity index (χ2v) is 8.81. The Morgan fingerprint density at radius 1 is 0.743 bits per heavy atom. The van der Waals surface area contributed by atoms with Gasteiger partial charge in [-0.15, -0.1) is 5.10 Å². The van der Waals surface area contributed by atoms with Gasteiger partial charge in [0.25, 0.3) is 5.56 Å². The zero-order valence-electron chi connectivity index (χ0n) is 18.2. The molecule has 0 saturated heterocycles. The van der Waals surface area contributed by atoms with Gasteiger partial charge in [-0.3, -0.25) is 4.79 Å². The third-order valence-electron chi connectivity index (χ3n) is 5.47. The van der Waals surface area contributed by atoms with Crippen molar-refractivity contribution in [2.24, 2.45) is 0 Å². The number of thiazole rings is 1. The molecule has 0 aliphatic rings. The third kappa shape index (κ3) is 3.96. The van der Waals surface area contributed by atoms with Crippen molar-refractivity contribution in [3.63, 3.8) is 0 Å². The summed E-state index contributed by atoms with van der Waals surface area (Å²) in [7, 11) is 0. The van der Waals surface area contributed by atoms with Crippen LogP contribution in [0, 0.1) is 0 Å². The van der Waals surface area contributed by atoms with Crippen LogP contribution in [-0.2, 0) is 0 Å². The molecule has 0 atom stereocenters. The van der Waals surface area contributed by atoms with Crippen LogP contribution in [0.2, 0.25) is 0 Å². The van der Waals surface area contributed by atoms with Gasteiger partial charge in [0.15, 0.2) is 0 Å². The fraction of sp³-hybridized carbons (Fsp3) is 0. The highest BCUT2D eigenvalue weighted by atomic mass is 32.1. The standard InChI is InChI=1S/C27H17N5O2S/c33-22-14-8-7-13-19(22)15-23-26(34)32-27(35-23)30-25(31-32)24-28-20(17-9-3-1-4-10-17)16-21(29-24)18-11-5-2-6-12-18/h1-16,33H/b23-15+. The molecule has 0 unspecified atom stereocenters. The van der Waals surface area contributed by atoms with Crippen molar-refractivity contribution in [3.05, 3.63) is 111 Å². The molecule has 3 aromatic heterocycles. The molecule has 35 heavy (non-hydrogen) atoms. The SMILES string of the molecule is O=c1/c(=C\c2ccccc2O)sc2nc(-c3nc(-c4ccccc4)cc(-c4ccccc4)n3)nn12. The smallest absolute Gasteiger partial charge is 0.291 e. The van der Waals surface area contributed by atoms with Crippen LogP contribution in [0.3, 0.4) is 0 Å². The van der Waals surface area contributed by atoms with Gasteiger partial charge in [0.1, 0.15) is 5.75 Å². The molecule has 8 heteroatoms. The molecule has 0 bridgehead atoms. The maximum absolute atomic E-state index is 13.0. The Morgan fingerprint density at radius 2 is 1.34 bits per heavy atom. The van der Waals surface area contributed by atoms with E-state index in [1.165, 1.54) is 15.9 Å². The molecule has 0 spiro atoms. The third-order valence-corrected chi connectivity index (χ3v) is 6.43. The fourth-order valence-electron chi connectivity index (χ4n) is 3.74. The molecule has 0 radical (unpaired) electrons. The predicted octanol–water partition coefficient (Wildman–Crippen LogP) is 4.20. The Kier molecular flexibility index (Phi) is 5.12. The molecule has 0 saturated carbocycles. The lowest BCUT2D eigenvalue weighted by molar-refractivity contribution is 0.474. The minimum absolute atomic E-state index is 0.103. The summed E-state index contributed by atoms with van der Waals surface area (Å²) in [5, 5.41) is 14.5. The van der Waals surface area contributed by atoms with Crippen molar-refractivity contribution in [3.8, 4) is 39.9 Å². The number of aromatic hydroxyl groups is 1. The molecular weight excluding hydrogens is 458 g/mol. The summed E-state index contributed by atoms with van der Waals surface area (Å²) >= 11 is 1.20. The van der Waals surface area contributed by atoms with Crippen LogP contribution in [0.25, 0.3) is 45.2 Å². The summed E-state index contributed by atoms with van der Waals surface area (Å²) in [4.78, 5) is 27.4. The summed E-state index contributed by atoms with van der Waals surface area (Å²) in [5.41, 5.74) is 3.61. The Morgan fingerprint density at radius 3 is 1.94 bits per heavy atom. The molecule has 0 fully saturated rings. The van der Waals surface area contributed by atoms with Crippen LogP contribution in [0.15, 0.2) is 95.8 Å². The van der Waals surface area contributed by atoms with Crippen LogP contribution in [0.4, 0.5) is 0 Å². The number of para-hydroxylation sites is 1. The first kappa shape index (κ1) is 20.9. The summed E-state index contributed by atoms with van der Waals surface area (Å²) < 4.78 is 1.68. The lowest BCUT2D eigenvalue weighted by Gasteiger charge is -2.07. The molecule has 6 aromatic rings. The maximum Gasteiger partial charge on any atom is 0.291 e. The lowest BCUT2D eigenvalue weighted by Crippen LogP contribution is -2.23.